The number of urea groups is 1. The Morgan fingerprint density at radius 2 is 2.16 bits per heavy atom. The fourth-order valence-electron chi connectivity index (χ4n) is 1.97. The molecule has 0 spiro atoms. The van der Waals surface area contributed by atoms with Crippen molar-refractivity contribution < 1.29 is 19.1 Å². The third-order valence-corrected chi connectivity index (χ3v) is 3.16. The predicted molar refractivity (Wildman–Crippen MR) is 67.7 cm³/mol. The number of likely N-dealkylation sites (tertiary alicyclic amines) is 1. The van der Waals surface area contributed by atoms with Gasteiger partial charge in [0, 0.05) is 23.8 Å². The minimum absolute atomic E-state index is 0.157. The van der Waals surface area contributed by atoms with Crippen LogP contribution in [-0.2, 0) is 4.79 Å². The lowest BCUT2D eigenvalue weighted by atomic mass is 10.1. The number of amides is 2. The maximum atomic E-state index is 13.1. The lowest BCUT2D eigenvalue weighted by molar-refractivity contribution is -0.141. The number of hydrogen-bond acceptors (Lipinski definition) is 2. The van der Waals surface area contributed by atoms with Crippen LogP contribution in [0, 0.1) is 11.7 Å². The minimum Gasteiger partial charge on any atom is -0.481 e. The number of carbonyl (C=O) groups excluding carboxylic acids is 1. The van der Waals surface area contributed by atoms with Gasteiger partial charge in [0.05, 0.1) is 5.92 Å². The van der Waals surface area contributed by atoms with E-state index >= 15 is 0 Å². The highest BCUT2D eigenvalue weighted by Crippen LogP contribution is 2.21. The van der Waals surface area contributed by atoms with Gasteiger partial charge < -0.3 is 15.3 Å². The second-order valence-corrected chi connectivity index (χ2v) is 4.79. The van der Waals surface area contributed by atoms with Crippen molar-refractivity contribution in [2.24, 2.45) is 5.92 Å². The smallest absolute Gasteiger partial charge is 0.321 e. The molecule has 1 aromatic rings. The summed E-state index contributed by atoms with van der Waals surface area (Å²) in [5, 5.41) is 11.5. The summed E-state index contributed by atoms with van der Waals surface area (Å²) in [5.74, 6) is -2.00. The lowest BCUT2D eigenvalue weighted by Gasteiger charge is -2.16. The number of rotatable bonds is 2. The zero-order valence-electron chi connectivity index (χ0n) is 9.90. The molecule has 1 aromatic carbocycles. The summed E-state index contributed by atoms with van der Waals surface area (Å²) in [6.45, 7) is 0.524. The Kier molecular flexibility index (Phi) is 3.90. The van der Waals surface area contributed by atoms with E-state index in [1.165, 1.54) is 11.0 Å². The fourth-order valence-corrected chi connectivity index (χ4v) is 2.20. The van der Waals surface area contributed by atoms with E-state index in [4.69, 9.17) is 16.7 Å². The fraction of sp³-hybridized carbons (Fsp3) is 0.333. The number of nitrogens with one attached hydrogen (secondary N) is 1. The summed E-state index contributed by atoms with van der Waals surface area (Å²) >= 11 is 5.68. The number of nitrogens with zero attached hydrogens (tertiary/aromatic N) is 1. The van der Waals surface area contributed by atoms with Crippen molar-refractivity contribution in [2.45, 2.75) is 6.42 Å². The van der Waals surface area contributed by atoms with Crippen LogP contribution in [0.3, 0.4) is 0 Å². The molecule has 1 unspecified atom stereocenters. The van der Waals surface area contributed by atoms with E-state index in [0.717, 1.165) is 12.1 Å². The number of carboxylic acid groups (broad SMARTS) is 1. The maximum absolute atomic E-state index is 13.1. The van der Waals surface area contributed by atoms with Crippen LogP contribution in [0.2, 0.25) is 5.02 Å². The van der Waals surface area contributed by atoms with Gasteiger partial charge in [-0.25, -0.2) is 9.18 Å². The highest BCUT2D eigenvalue weighted by molar-refractivity contribution is 6.30. The molecule has 2 amide bonds. The monoisotopic (exact) mass is 286 g/mol. The Morgan fingerprint density at radius 1 is 1.42 bits per heavy atom. The average Bonchev–Trinajstić information content (AvgIpc) is 2.76. The van der Waals surface area contributed by atoms with Crippen molar-refractivity contribution in [3.63, 3.8) is 0 Å². The molecule has 0 bridgehead atoms. The molecule has 0 saturated carbocycles. The number of anilines is 1. The zero-order valence-corrected chi connectivity index (χ0v) is 10.7. The minimum atomic E-state index is -0.913. The molecule has 1 aliphatic heterocycles. The zero-order chi connectivity index (χ0) is 14.0. The summed E-state index contributed by atoms with van der Waals surface area (Å²) < 4.78 is 13.1. The van der Waals surface area contributed by atoms with Gasteiger partial charge >= 0.3 is 12.0 Å². The van der Waals surface area contributed by atoms with E-state index < -0.39 is 23.7 Å². The Bertz CT molecular complexity index is 503. The summed E-state index contributed by atoms with van der Waals surface area (Å²) in [6.07, 6.45) is 0.423. The molecule has 7 heteroatoms. The molecule has 5 nitrogen and oxygen atoms in total. The highest BCUT2D eigenvalue weighted by Gasteiger charge is 2.30. The van der Waals surface area contributed by atoms with Gasteiger partial charge in [0.1, 0.15) is 5.82 Å². The summed E-state index contributed by atoms with van der Waals surface area (Å²) in [7, 11) is 0. The second kappa shape index (κ2) is 5.44. The molecule has 0 radical (unpaired) electrons. The Labute approximate surface area is 114 Å². The maximum Gasteiger partial charge on any atom is 0.321 e. The largest absolute Gasteiger partial charge is 0.481 e. The van der Waals surface area contributed by atoms with Crippen molar-refractivity contribution in [3.05, 3.63) is 29.0 Å². The molecule has 1 fully saturated rings. The molecule has 2 N–H and O–H groups in total. The topological polar surface area (TPSA) is 69.6 Å². The number of carbonyl (C=O) groups is 2. The van der Waals surface area contributed by atoms with Gasteiger partial charge in [0.25, 0.3) is 0 Å². The molecule has 19 heavy (non-hydrogen) atoms. The van der Waals surface area contributed by atoms with Crippen molar-refractivity contribution >= 4 is 29.3 Å². The number of benzene rings is 1. The Balaban J connectivity index is 2.00. The first kappa shape index (κ1) is 13.6. The predicted octanol–water partition coefficient (Wildman–Crippen LogP) is 2.42. The summed E-state index contributed by atoms with van der Waals surface area (Å²) in [6, 6.07) is 3.25. The first-order valence-corrected chi connectivity index (χ1v) is 6.08. The number of halogens is 2. The Hall–Kier alpha value is -1.82. The van der Waals surface area contributed by atoms with Gasteiger partial charge in [0.2, 0.25) is 0 Å². The van der Waals surface area contributed by atoms with Crippen LogP contribution in [0.4, 0.5) is 14.9 Å². The van der Waals surface area contributed by atoms with Crippen LogP contribution in [0.25, 0.3) is 0 Å². The van der Waals surface area contributed by atoms with E-state index in [9.17, 15) is 14.0 Å². The number of hydrogen-bond donors (Lipinski definition) is 2. The Morgan fingerprint density at radius 3 is 2.74 bits per heavy atom. The molecule has 2 rings (SSSR count). The van der Waals surface area contributed by atoms with Crippen LogP contribution in [0.5, 0.6) is 0 Å². The van der Waals surface area contributed by atoms with E-state index in [0.29, 0.717) is 13.0 Å². The van der Waals surface area contributed by atoms with Crippen molar-refractivity contribution in [1.82, 2.24) is 4.90 Å². The normalized spacial score (nSPS) is 18.4. The molecule has 1 heterocycles. The molecule has 1 atom stereocenters. The SMILES string of the molecule is O=C(O)C1CCN(C(=O)Nc2cc(F)cc(Cl)c2)C1. The first-order valence-electron chi connectivity index (χ1n) is 5.70. The van der Waals surface area contributed by atoms with Gasteiger partial charge in [-0.15, -0.1) is 0 Å². The third-order valence-electron chi connectivity index (χ3n) is 2.94. The van der Waals surface area contributed by atoms with Crippen LogP contribution >= 0.6 is 11.6 Å². The molecule has 0 aromatic heterocycles. The highest BCUT2D eigenvalue weighted by atomic mass is 35.5. The van der Waals surface area contributed by atoms with Gasteiger partial charge in [-0.2, -0.15) is 0 Å². The second-order valence-electron chi connectivity index (χ2n) is 4.36. The van der Waals surface area contributed by atoms with E-state index in [-0.39, 0.29) is 17.3 Å². The van der Waals surface area contributed by atoms with E-state index in [1.54, 1.807) is 0 Å². The molecule has 1 saturated heterocycles. The summed E-state index contributed by atoms with van der Waals surface area (Å²) in [4.78, 5) is 24.0. The molecule has 102 valence electrons. The van der Waals surface area contributed by atoms with Crippen LogP contribution in [0.1, 0.15) is 6.42 Å². The molecule has 0 aliphatic carbocycles. The quantitative estimate of drug-likeness (QED) is 0.877. The number of aliphatic carboxylic acids is 1. The first-order chi connectivity index (χ1) is 8.95. The van der Waals surface area contributed by atoms with Crippen molar-refractivity contribution in [1.29, 1.82) is 0 Å². The van der Waals surface area contributed by atoms with Crippen molar-refractivity contribution in [2.75, 3.05) is 18.4 Å². The van der Waals surface area contributed by atoms with Gasteiger partial charge in [-0.05, 0) is 24.6 Å². The van der Waals surface area contributed by atoms with Crippen LogP contribution in [0.15, 0.2) is 18.2 Å². The van der Waals surface area contributed by atoms with Crippen molar-refractivity contribution in [3.8, 4) is 0 Å². The number of carboxylic acids is 1. The van der Waals surface area contributed by atoms with Gasteiger partial charge in [0.15, 0.2) is 0 Å². The molecular formula is C12H12ClFN2O3. The summed E-state index contributed by atoms with van der Waals surface area (Å²) in [5.41, 5.74) is 0.244. The molecule has 1 aliphatic rings. The third kappa shape index (κ3) is 3.35. The van der Waals surface area contributed by atoms with E-state index in [2.05, 4.69) is 5.32 Å². The standard InChI is InChI=1S/C12H12ClFN2O3/c13-8-3-9(14)5-10(4-8)15-12(19)16-2-1-7(6-16)11(17)18/h3-5,7H,1-2,6H2,(H,15,19)(H,17,18). The lowest BCUT2D eigenvalue weighted by Crippen LogP contribution is -2.33. The van der Waals surface area contributed by atoms with E-state index in [1.807, 2.05) is 0 Å². The van der Waals surface area contributed by atoms with Gasteiger partial charge in [-0.1, -0.05) is 11.6 Å². The van der Waals surface area contributed by atoms with Crippen LogP contribution < -0.4 is 5.32 Å². The average molecular weight is 287 g/mol. The molecular weight excluding hydrogens is 275 g/mol. The van der Waals surface area contributed by atoms with Gasteiger partial charge in [-0.3, -0.25) is 4.79 Å². The van der Waals surface area contributed by atoms with Crippen LogP contribution in [-0.4, -0.2) is 35.1 Å².